The van der Waals surface area contributed by atoms with Gasteiger partial charge >= 0.3 is 0 Å². The lowest BCUT2D eigenvalue weighted by molar-refractivity contribution is -0.124. The normalized spacial score (nSPS) is 33.0. The van der Waals surface area contributed by atoms with Gasteiger partial charge in [-0.15, -0.1) is 0 Å². The summed E-state index contributed by atoms with van der Waals surface area (Å²) in [5, 5.41) is 7.33. The smallest absolute Gasteiger partial charge is 0.237 e. The van der Waals surface area contributed by atoms with Crippen molar-refractivity contribution in [3.8, 4) is 0 Å². The topological polar surface area (TPSA) is 53.6 Å². The molecule has 4 rings (SSSR count). The van der Waals surface area contributed by atoms with Crippen LogP contribution in [0.5, 0.6) is 0 Å². The zero-order chi connectivity index (χ0) is 17.2. The summed E-state index contributed by atoms with van der Waals surface area (Å²) in [5.41, 5.74) is 1.17. The molecule has 2 N–H and O–H groups in total. The van der Waals surface area contributed by atoms with Crippen LogP contribution in [0.15, 0.2) is 24.3 Å². The molecular formula is C19H26ClN3O2. The zero-order valence-corrected chi connectivity index (χ0v) is 15.2. The minimum atomic E-state index is -0.00977. The molecular weight excluding hydrogens is 338 g/mol. The minimum absolute atomic E-state index is 0.00977. The number of nitrogens with one attached hydrogen (secondary N) is 2. The Morgan fingerprint density at radius 3 is 2.84 bits per heavy atom. The number of hydrogen-bond donors (Lipinski definition) is 2. The molecule has 1 amide bonds. The maximum Gasteiger partial charge on any atom is 0.237 e. The molecule has 3 fully saturated rings. The fourth-order valence-corrected chi connectivity index (χ4v) is 4.36. The molecule has 0 aliphatic carbocycles. The highest BCUT2D eigenvalue weighted by Crippen LogP contribution is 2.30. The van der Waals surface area contributed by atoms with E-state index in [0.717, 1.165) is 50.5 Å². The van der Waals surface area contributed by atoms with Crippen LogP contribution in [0.25, 0.3) is 0 Å². The van der Waals surface area contributed by atoms with Crippen molar-refractivity contribution < 1.29 is 9.53 Å². The monoisotopic (exact) mass is 363 g/mol. The number of benzene rings is 1. The number of hydrogen-bond acceptors (Lipinski definition) is 4. The van der Waals surface area contributed by atoms with Crippen LogP contribution in [0, 0.1) is 0 Å². The van der Waals surface area contributed by atoms with Gasteiger partial charge in [0.25, 0.3) is 0 Å². The molecule has 4 unspecified atom stereocenters. The van der Waals surface area contributed by atoms with E-state index in [1.54, 1.807) is 0 Å². The number of piperidine rings is 1. The van der Waals surface area contributed by atoms with Gasteiger partial charge in [0.2, 0.25) is 5.91 Å². The van der Waals surface area contributed by atoms with Crippen LogP contribution in [0.2, 0.25) is 5.02 Å². The van der Waals surface area contributed by atoms with Gasteiger partial charge in [0, 0.05) is 30.2 Å². The zero-order valence-electron chi connectivity index (χ0n) is 14.4. The molecule has 5 nitrogen and oxygen atoms in total. The molecule has 1 aromatic carbocycles. The van der Waals surface area contributed by atoms with Crippen LogP contribution in [0.3, 0.4) is 0 Å². The SMILES string of the molecule is O=C(NC1CC2COC(c3ccc(Cl)cc3)CN2C1)C1CCCCN1. The number of halogens is 1. The van der Waals surface area contributed by atoms with Gasteiger partial charge in [-0.2, -0.15) is 0 Å². The minimum Gasteiger partial charge on any atom is -0.371 e. The highest BCUT2D eigenvalue weighted by Gasteiger charge is 2.38. The van der Waals surface area contributed by atoms with E-state index in [0.29, 0.717) is 6.04 Å². The van der Waals surface area contributed by atoms with Crippen LogP contribution in [0.1, 0.15) is 37.4 Å². The number of carbonyl (C=O) groups is 1. The van der Waals surface area contributed by atoms with Gasteiger partial charge in [-0.25, -0.2) is 0 Å². The number of morpholine rings is 1. The van der Waals surface area contributed by atoms with Gasteiger partial charge in [0.15, 0.2) is 0 Å². The Kier molecular flexibility index (Phi) is 5.27. The van der Waals surface area contributed by atoms with E-state index in [4.69, 9.17) is 16.3 Å². The van der Waals surface area contributed by atoms with E-state index in [9.17, 15) is 4.79 Å². The van der Waals surface area contributed by atoms with Gasteiger partial charge in [-0.05, 0) is 43.5 Å². The summed E-state index contributed by atoms with van der Waals surface area (Å²) in [6.45, 7) is 3.46. The van der Waals surface area contributed by atoms with Crippen molar-refractivity contribution in [3.05, 3.63) is 34.9 Å². The van der Waals surface area contributed by atoms with E-state index < -0.39 is 0 Å². The van der Waals surface area contributed by atoms with Crippen LogP contribution in [-0.2, 0) is 9.53 Å². The van der Waals surface area contributed by atoms with Crippen LogP contribution >= 0.6 is 11.6 Å². The number of nitrogens with zero attached hydrogens (tertiary/aromatic N) is 1. The molecule has 1 aromatic rings. The van der Waals surface area contributed by atoms with Crippen molar-refractivity contribution >= 4 is 17.5 Å². The fraction of sp³-hybridized carbons (Fsp3) is 0.632. The number of fused-ring (bicyclic) bond motifs is 1. The average Bonchev–Trinajstić information content (AvgIpc) is 3.04. The van der Waals surface area contributed by atoms with Crippen LogP contribution in [0.4, 0.5) is 0 Å². The van der Waals surface area contributed by atoms with Crippen molar-refractivity contribution in [2.45, 2.75) is 49.9 Å². The molecule has 6 heteroatoms. The molecule has 25 heavy (non-hydrogen) atoms. The van der Waals surface area contributed by atoms with E-state index >= 15 is 0 Å². The number of carbonyl (C=O) groups excluding carboxylic acids is 1. The van der Waals surface area contributed by atoms with Gasteiger partial charge in [-0.1, -0.05) is 30.2 Å². The molecule has 3 saturated heterocycles. The number of rotatable bonds is 3. The second-order valence-corrected chi connectivity index (χ2v) is 7.86. The summed E-state index contributed by atoms with van der Waals surface area (Å²) in [7, 11) is 0. The Morgan fingerprint density at radius 1 is 1.24 bits per heavy atom. The van der Waals surface area contributed by atoms with Crippen LogP contribution < -0.4 is 10.6 Å². The number of ether oxygens (including phenoxy) is 1. The van der Waals surface area contributed by atoms with Gasteiger partial charge in [-0.3, -0.25) is 9.69 Å². The third-order valence-electron chi connectivity index (χ3n) is 5.63. The standard InChI is InChI=1S/C19H26ClN3O2/c20-14-6-4-13(5-7-14)18-11-23-10-15(9-16(23)12-25-18)22-19(24)17-3-1-2-8-21-17/h4-7,15-18,21H,1-3,8-12H2,(H,22,24). The van der Waals surface area contributed by atoms with E-state index in [2.05, 4.69) is 15.5 Å². The molecule has 3 aliphatic heterocycles. The first-order valence-corrected chi connectivity index (χ1v) is 9.72. The summed E-state index contributed by atoms with van der Waals surface area (Å²) in [6, 6.07) is 8.54. The van der Waals surface area contributed by atoms with Crippen molar-refractivity contribution in [3.63, 3.8) is 0 Å². The Bertz CT molecular complexity index is 603. The molecule has 0 aromatic heterocycles. The summed E-state index contributed by atoms with van der Waals surface area (Å²) >= 11 is 5.97. The average molecular weight is 364 g/mol. The number of amides is 1. The quantitative estimate of drug-likeness (QED) is 0.863. The van der Waals surface area contributed by atoms with Crippen molar-refractivity contribution in [1.82, 2.24) is 15.5 Å². The third kappa shape index (κ3) is 4.00. The Balaban J connectivity index is 1.32. The highest BCUT2D eigenvalue weighted by atomic mass is 35.5. The first-order valence-electron chi connectivity index (χ1n) is 9.34. The van der Waals surface area contributed by atoms with Gasteiger partial charge < -0.3 is 15.4 Å². The van der Waals surface area contributed by atoms with Crippen molar-refractivity contribution in [2.24, 2.45) is 0 Å². The molecule has 3 heterocycles. The lowest BCUT2D eigenvalue weighted by atomic mass is 10.0. The molecule has 0 saturated carbocycles. The maximum absolute atomic E-state index is 12.4. The van der Waals surface area contributed by atoms with E-state index in [-0.39, 0.29) is 24.1 Å². The molecule has 0 spiro atoms. The molecule has 3 aliphatic rings. The fourth-order valence-electron chi connectivity index (χ4n) is 4.24. The predicted octanol–water partition coefficient (Wildman–Crippen LogP) is 2.11. The van der Waals surface area contributed by atoms with E-state index in [1.807, 2.05) is 24.3 Å². The third-order valence-corrected chi connectivity index (χ3v) is 5.88. The first kappa shape index (κ1) is 17.3. The Hall–Kier alpha value is -1.14. The molecule has 0 radical (unpaired) electrons. The maximum atomic E-state index is 12.4. The summed E-state index contributed by atoms with van der Waals surface area (Å²) in [6.07, 6.45) is 4.33. The van der Waals surface area contributed by atoms with Crippen molar-refractivity contribution in [1.29, 1.82) is 0 Å². The van der Waals surface area contributed by atoms with E-state index in [1.165, 1.54) is 12.0 Å². The second kappa shape index (κ2) is 7.62. The van der Waals surface area contributed by atoms with Gasteiger partial charge in [0.05, 0.1) is 18.8 Å². The first-order chi connectivity index (χ1) is 12.2. The summed E-state index contributed by atoms with van der Waals surface area (Å²) in [5.74, 6) is 0.166. The van der Waals surface area contributed by atoms with Crippen LogP contribution in [-0.4, -0.2) is 55.2 Å². The highest BCUT2D eigenvalue weighted by molar-refractivity contribution is 6.30. The molecule has 4 atom stereocenters. The molecule has 136 valence electrons. The lowest BCUT2D eigenvalue weighted by Gasteiger charge is -2.35. The Morgan fingerprint density at radius 2 is 2.08 bits per heavy atom. The van der Waals surface area contributed by atoms with Gasteiger partial charge in [0.1, 0.15) is 0 Å². The largest absolute Gasteiger partial charge is 0.371 e. The predicted molar refractivity (Wildman–Crippen MR) is 97.7 cm³/mol. The summed E-state index contributed by atoms with van der Waals surface area (Å²) < 4.78 is 6.08. The second-order valence-electron chi connectivity index (χ2n) is 7.42. The van der Waals surface area contributed by atoms with Crippen molar-refractivity contribution in [2.75, 3.05) is 26.2 Å². The Labute approximate surface area is 154 Å². The molecule has 0 bridgehead atoms. The lowest BCUT2D eigenvalue weighted by Crippen LogP contribution is -2.50. The summed E-state index contributed by atoms with van der Waals surface area (Å²) in [4.78, 5) is 14.9.